The Hall–Kier alpha value is -2.12. The second kappa shape index (κ2) is 11.3. The molecule has 30 heavy (non-hydrogen) atoms. The maximum absolute atomic E-state index is 12.0. The molecule has 1 unspecified atom stereocenters. The van der Waals surface area contributed by atoms with E-state index in [9.17, 15) is 4.79 Å². The van der Waals surface area contributed by atoms with Gasteiger partial charge in [0.15, 0.2) is 5.96 Å². The summed E-state index contributed by atoms with van der Waals surface area (Å²) in [6.07, 6.45) is 1.93. The van der Waals surface area contributed by atoms with Crippen molar-refractivity contribution in [2.75, 3.05) is 46.4 Å². The number of hydrogen-bond acceptors (Lipinski definition) is 5. The minimum Gasteiger partial charge on any atom is -0.466 e. The van der Waals surface area contributed by atoms with Crippen LogP contribution in [-0.4, -0.2) is 74.3 Å². The number of hydrogen-bond donors (Lipinski definition) is 1. The Morgan fingerprint density at radius 2 is 2.03 bits per heavy atom. The third-order valence-corrected chi connectivity index (χ3v) is 5.80. The molecule has 0 aromatic heterocycles. The normalized spacial score (nSPS) is 21.5. The summed E-state index contributed by atoms with van der Waals surface area (Å²) < 4.78 is 10.8. The molecule has 7 nitrogen and oxygen atoms in total. The number of nitrogens with one attached hydrogen (secondary N) is 1. The topological polar surface area (TPSA) is 66.4 Å². The van der Waals surface area contributed by atoms with Gasteiger partial charge in [-0.25, -0.2) is 0 Å². The molecule has 1 N–H and O–H groups in total. The van der Waals surface area contributed by atoms with E-state index in [1.165, 1.54) is 11.1 Å². The number of guanidine groups is 1. The van der Waals surface area contributed by atoms with Gasteiger partial charge in [-0.2, -0.15) is 0 Å². The molecule has 0 spiro atoms. The summed E-state index contributed by atoms with van der Waals surface area (Å²) in [4.78, 5) is 21.1. The van der Waals surface area contributed by atoms with Crippen molar-refractivity contribution in [2.45, 2.75) is 45.9 Å². The van der Waals surface area contributed by atoms with Gasteiger partial charge in [0.05, 0.1) is 25.2 Å². The van der Waals surface area contributed by atoms with Crippen molar-refractivity contribution < 1.29 is 14.3 Å². The standard InChI is InChI=1S/C23H36N4O3/c1-4-29-22(28)21-8-10-27(11-9-21)23(24-3)25-15-19-6-5-7-20(14-19)17-26-12-13-30-18(2)16-26/h5-7,14,18,21H,4,8-13,15-17H2,1-3H3,(H,24,25). The van der Waals surface area contributed by atoms with Crippen LogP contribution in [0.1, 0.15) is 37.8 Å². The summed E-state index contributed by atoms with van der Waals surface area (Å²) in [6, 6.07) is 8.74. The average molecular weight is 417 g/mol. The van der Waals surface area contributed by atoms with Crippen molar-refractivity contribution in [1.29, 1.82) is 0 Å². The first kappa shape index (κ1) is 22.6. The highest BCUT2D eigenvalue weighted by Crippen LogP contribution is 2.19. The lowest BCUT2D eigenvalue weighted by Crippen LogP contribution is -2.46. The van der Waals surface area contributed by atoms with E-state index in [0.29, 0.717) is 12.7 Å². The molecule has 2 heterocycles. The summed E-state index contributed by atoms with van der Waals surface area (Å²) in [6.45, 7) is 10.5. The van der Waals surface area contributed by atoms with E-state index in [2.05, 4.69) is 51.3 Å². The summed E-state index contributed by atoms with van der Waals surface area (Å²) in [5.41, 5.74) is 2.57. The van der Waals surface area contributed by atoms with Crippen LogP contribution in [0.15, 0.2) is 29.3 Å². The summed E-state index contributed by atoms with van der Waals surface area (Å²) in [5.74, 6) is 0.843. The zero-order valence-electron chi connectivity index (χ0n) is 18.6. The maximum Gasteiger partial charge on any atom is 0.309 e. The third-order valence-electron chi connectivity index (χ3n) is 5.80. The first-order valence-corrected chi connectivity index (χ1v) is 11.1. The molecule has 0 bridgehead atoms. The number of morpholine rings is 1. The number of nitrogens with zero attached hydrogens (tertiary/aromatic N) is 3. The van der Waals surface area contributed by atoms with Crippen LogP contribution >= 0.6 is 0 Å². The molecule has 0 aliphatic carbocycles. The lowest BCUT2D eigenvalue weighted by molar-refractivity contribution is -0.149. The van der Waals surface area contributed by atoms with Gasteiger partial charge >= 0.3 is 5.97 Å². The average Bonchev–Trinajstić information content (AvgIpc) is 2.75. The molecule has 0 saturated carbocycles. The second-order valence-corrected chi connectivity index (χ2v) is 8.15. The van der Waals surface area contributed by atoms with Crippen molar-refractivity contribution in [2.24, 2.45) is 10.9 Å². The fourth-order valence-corrected chi connectivity index (χ4v) is 4.23. The van der Waals surface area contributed by atoms with E-state index in [-0.39, 0.29) is 11.9 Å². The van der Waals surface area contributed by atoms with Crippen LogP contribution in [0, 0.1) is 5.92 Å². The minimum absolute atomic E-state index is 0.0129. The molecule has 1 aromatic carbocycles. The van der Waals surface area contributed by atoms with Gasteiger partial charge in [-0.15, -0.1) is 0 Å². The quantitative estimate of drug-likeness (QED) is 0.436. The molecule has 1 aromatic rings. The van der Waals surface area contributed by atoms with Crippen molar-refractivity contribution in [3.05, 3.63) is 35.4 Å². The largest absolute Gasteiger partial charge is 0.466 e. The summed E-state index contributed by atoms with van der Waals surface area (Å²) in [5, 5.41) is 3.49. The number of esters is 1. The lowest BCUT2D eigenvalue weighted by atomic mass is 9.97. The number of ether oxygens (including phenoxy) is 2. The molecule has 2 fully saturated rings. The van der Waals surface area contributed by atoms with E-state index in [1.54, 1.807) is 0 Å². The molecule has 7 heteroatoms. The molecule has 2 aliphatic heterocycles. The predicted octanol–water partition coefficient (Wildman–Crippen LogP) is 2.26. The third kappa shape index (κ3) is 6.44. The van der Waals surface area contributed by atoms with E-state index in [0.717, 1.165) is 64.7 Å². The van der Waals surface area contributed by atoms with Gasteiger partial charge in [-0.05, 0) is 37.8 Å². The maximum atomic E-state index is 12.0. The van der Waals surface area contributed by atoms with Crippen LogP contribution in [0.2, 0.25) is 0 Å². The van der Waals surface area contributed by atoms with Crippen molar-refractivity contribution in [3.63, 3.8) is 0 Å². The van der Waals surface area contributed by atoms with Gasteiger partial charge in [-0.1, -0.05) is 24.3 Å². The zero-order valence-corrected chi connectivity index (χ0v) is 18.6. The lowest BCUT2D eigenvalue weighted by Gasteiger charge is -2.33. The molecule has 1 atom stereocenters. The van der Waals surface area contributed by atoms with E-state index in [4.69, 9.17) is 9.47 Å². The zero-order chi connectivity index (χ0) is 21.3. The van der Waals surface area contributed by atoms with Gasteiger partial charge in [0, 0.05) is 46.3 Å². The van der Waals surface area contributed by atoms with Gasteiger partial charge < -0.3 is 19.7 Å². The Morgan fingerprint density at radius 3 is 2.73 bits per heavy atom. The molecule has 166 valence electrons. The van der Waals surface area contributed by atoms with Crippen LogP contribution < -0.4 is 5.32 Å². The van der Waals surface area contributed by atoms with Crippen LogP contribution in [-0.2, 0) is 27.4 Å². The Morgan fingerprint density at radius 1 is 1.27 bits per heavy atom. The number of benzene rings is 1. The monoisotopic (exact) mass is 416 g/mol. The molecular weight excluding hydrogens is 380 g/mol. The minimum atomic E-state index is -0.0634. The molecule has 3 rings (SSSR count). The van der Waals surface area contributed by atoms with Crippen molar-refractivity contribution in [3.8, 4) is 0 Å². The van der Waals surface area contributed by atoms with Crippen molar-refractivity contribution in [1.82, 2.24) is 15.1 Å². The highest BCUT2D eigenvalue weighted by atomic mass is 16.5. The Balaban J connectivity index is 1.49. The Bertz CT molecular complexity index is 716. The number of likely N-dealkylation sites (tertiary alicyclic amines) is 1. The number of aliphatic imine (C=N–C) groups is 1. The molecule has 2 aliphatic rings. The summed E-state index contributed by atoms with van der Waals surface area (Å²) >= 11 is 0. The van der Waals surface area contributed by atoms with Gasteiger partial charge in [-0.3, -0.25) is 14.7 Å². The SMILES string of the molecule is CCOC(=O)C1CCN(C(=NC)NCc2cccc(CN3CCOC(C)C3)c2)CC1. The predicted molar refractivity (Wildman–Crippen MR) is 118 cm³/mol. The highest BCUT2D eigenvalue weighted by molar-refractivity contribution is 5.80. The highest BCUT2D eigenvalue weighted by Gasteiger charge is 2.27. The van der Waals surface area contributed by atoms with Crippen LogP contribution in [0.3, 0.4) is 0 Å². The van der Waals surface area contributed by atoms with Crippen LogP contribution in [0.25, 0.3) is 0 Å². The van der Waals surface area contributed by atoms with Crippen molar-refractivity contribution >= 4 is 11.9 Å². The van der Waals surface area contributed by atoms with Crippen LogP contribution in [0.4, 0.5) is 0 Å². The number of carbonyl (C=O) groups is 1. The summed E-state index contributed by atoms with van der Waals surface area (Å²) in [7, 11) is 1.82. The molecular formula is C23H36N4O3. The molecule has 2 saturated heterocycles. The van der Waals surface area contributed by atoms with Crippen LogP contribution in [0.5, 0.6) is 0 Å². The van der Waals surface area contributed by atoms with Gasteiger partial charge in [0.2, 0.25) is 0 Å². The fourth-order valence-electron chi connectivity index (χ4n) is 4.23. The first-order valence-electron chi connectivity index (χ1n) is 11.1. The van der Waals surface area contributed by atoms with Gasteiger partial charge in [0.1, 0.15) is 0 Å². The Labute approximate surface area is 180 Å². The second-order valence-electron chi connectivity index (χ2n) is 8.15. The molecule has 0 radical (unpaired) electrons. The van der Waals surface area contributed by atoms with Gasteiger partial charge in [0.25, 0.3) is 0 Å². The van der Waals surface area contributed by atoms with E-state index in [1.807, 2.05) is 14.0 Å². The smallest absolute Gasteiger partial charge is 0.309 e. The fraction of sp³-hybridized carbons (Fsp3) is 0.652. The van der Waals surface area contributed by atoms with E-state index >= 15 is 0 Å². The van der Waals surface area contributed by atoms with E-state index < -0.39 is 0 Å². The number of rotatable bonds is 6. The number of piperidine rings is 1. The molecule has 0 amide bonds. The first-order chi connectivity index (χ1) is 14.6. The number of carbonyl (C=O) groups excluding carboxylic acids is 1. The Kier molecular flexibility index (Phi) is 8.51.